The van der Waals surface area contributed by atoms with Gasteiger partial charge in [0.15, 0.2) is 0 Å². The third kappa shape index (κ3) is 6.47. The highest BCUT2D eigenvalue weighted by Gasteiger charge is 2.16. The van der Waals surface area contributed by atoms with Crippen LogP contribution in [-0.4, -0.2) is 12.5 Å². The maximum atomic E-state index is 4.18. The zero-order valence-corrected chi connectivity index (χ0v) is 10.9. The molecule has 0 saturated heterocycles. The van der Waals surface area contributed by atoms with Crippen LogP contribution in [0.4, 0.5) is 0 Å². The highest BCUT2D eigenvalue weighted by atomic mass is 32.2. The molecule has 0 aromatic carbocycles. The van der Waals surface area contributed by atoms with Crippen LogP contribution in [0.2, 0.25) is 0 Å². The van der Waals surface area contributed by atoms with Gasteiger partial charge >= 0.3 is 0 Å². The number of rotatable bonds is 3. The molecule has 0 aromatic heterocycles. The molecule has 0 N–H and O–H groups in total. The van der Waals surface area contributed by atoms with E-state index in [1.54, 1.807) is 11.9 Å². The Morgan fingerprint density at radius 3 is 2.29 bits per heavy atom. The van der Waals surface area contributed by atoms with Gasteiger partial charge in [-0.15, -0.1) is 0 Å². The van der Waals surface area contributed by atoms with E-state index in [9.17, 15) is 0 Å². The van der Waals surface area contributed by atoms with Gasteiger partial charge in [-0.05, 0) is 43.0 Å². The van der Waals surface area contributed by atoms with Gasteiger partial charge in [0.1, 0.15) is 0 Å². The van der Waals surface area contributed by atoms with Crippen LogP contribution in [0.15, 0.2) is 4.40 Å². The molecule has 0 atom stereocenters. The zero-order chi connectivity index (χ0) is 10.8. The molecule has 1 saturated carbocycles. The molecule has 1 rings (SSSR count). The molecule has 0 aliphatic heterocycles. The number of hydrogen-bond donors (Lipinski definition) is 0. The molecular formula is C12H25NS. The van der Waals surface area contributed by atoms with Gasteiger partial charge in [-0.3, -0.25) is 0 Å². The van der Waals surface area contributed by atoms with Crippen molar-refractivity contribution in [2.75, 3.05) is 6.26 Å². The van der Waals surface area contributed by atoms with Gasteiger partial charge in [0.05, 0.1) is 0 Å². The second kappa shape index (κ2) is 9.57. The monoisotopic (exact) mass is 215 g/mol. The molecular weight excluding hydrogens is 190 g/mol. The van der Waals surface area contributed by atoms with Crippen molar-refractivity contribution in [3.05, 3.63) is 0 Å². The minimum Gasteiger partial charge on any atom is -0.229 e. The molecule has 1 aliphatic carbocycles. The molecule has 0 amide bonds. The van der Waals surface area contributed by atoms with Crippen LogP contribution in [-0.2, 0) is 0 Å². The fraction of sp³-hybridized carbons (Fsp3) is 0.917. The van der Waals surface area contributed by atoms with Crippen molar-refractivity contribution in [2.24, 2.45) is 16.2 Å². The van der Waals surface area contributed by atoms with E-state index < -0.39 is 0 Å². The van der Waals surface area contributed by atoms with Crippen molar-refractivity contribution in [3.63, 3.8) is 0 Å². The number of nitrogens with zero attached hydrogens (tertiary/aromatic N) is 1. The van der Waals surface area contributed by atoms with Crippen molar-refractivity contribution in [3.8, 4) is 0 Å². The molecule has 1 aliphatic rings. The standard InChI is InChI=1S/C10H19NS.C2H6/c1-9-3-5-10(6-4-9)7-8-11-12-2;1-2/h8-10H,3-7H2,1-2H3;1-2H3/b11-8+;. The summed E-state index contributed by atoms with van der Waals surface area (Å²) in [6.45, 7) is 6.37. The smallest absolute Gasteiger partial charge is 0.0128 e. The summed E-state index contributed by atoms with van der Waals surface area (Å²) < 4.78 is 4.18. The molecule has 0 heterocycles. The van der Waals surface area contributed by atoms with Crippen molar-refractivity contribution >= 4 is 18.2 Å². The van der Waals surface area contributed by atoms with Gasteiger partial charge in [-0.2, -0.15) is 0 Å². The Hall–Kier alpha value is 0.0200. The Labute approximate surface area is 93.9 Å². The normalized spacial score (nSPS) is 27.1. The predicted molar refractivity (Wildman–Crippen MR) is 69.1 cm³/mol. The molecule has 0 aromatic rings. The molecule has 1 fully saturated rings. The Bertz CT molecular complexity index is 137. The van der Waals surface area contributed by atoms with Crippen LogP contribution in [0.5, 0.6) is 0 Å². The van der Waals surface area contributed by atoms with Gasteiger partial charge in [0.25, 0.3) is 0 Å². The van der Waals surface area contributed by atoms with E-state index >= 15 is 0 Å². The molecule has 0 spiro atoms. The average Bonchev–Trinajstić information content (AvgIpc) is 2.24. The molecule has 14 heavy (non-hydrogen) atoms. The summed E-state index contributed by atoms with van der Waals surface area (Å²) in [6.07, 6.45) is 11.0. The average molecular weight is 215 g/mol. The van der Waals surface area contributed by atoms with Crippen molar-refractivity contribution in [1.29, 1.82) is 0 Å². The second-order valence-electron chi connectivity index (χ2n) is 3.83. The van der Waals surface area contributed by atoms with Crippen molar-refractivity contribution < 1.29 is 0 Å². The fourth-order valence-corrected chi connectivity index (χ4v) is 2.07. The molecule has 0 radical (unpaired) electrons. The van der Waals surface area contributed by atoms with Crippen LogP contribution in [0, 0.1) is 11.8 Å². The summed E-state index contributed by atoms with van der Waals surface area (Å²) in [5.41, 5.74) is 0. The van der Waals surface area contributed by atoms with Crippen LogP contribution in [0.3, 0.4) is 0 Å². The highest BCUT2D eigenvalue weighted by molar-refractivity contribution is 7.97. The van der Waals surface area contributed by atoms with E-state index in [0.717, 1.165) is 11.8 Å². The topological polar surface area (TPSA) is 12.4 Å². The minimum absolute atomic E-state index is 0.928. The summed E-state index contributed by atoms with van der Waals surface area (Å²) in [4.78, 5) is 0. The predicted octanol–water partition coefficient (Wildman–Crippen LogP) is 4.58. The molecule has 84 valence electrons. The molecule has 0 unspecified atom stereocenters. The molecule has 0 bridgehead atoms. The largest absolute Gasteiger partial charge is 0.229 e. The van der Waals surface area contributed by atoms with E-state index in [4.69, 9.17) is 0 Å². The zero-order valence-electron chi connectivity index (χ0n) is 10.1. The van der Waals surface area contributed by atoms with Gasteiger partial charge in [0.2, 0.25) is 0 Å². The van der Waals surface area contributed by atoms with Crippen molar-refractivity contribution in [2.45, 2.75) is 52.9 Å². The lowest BCUT2D eigenvalue weighted by Gasteiger charge is -2.24. The Kier molecular flexibility index (Phi) is 9.58. The lowest BCUT2D eigenvalue weighted by molar-refractivity contribution is 0.297. The fourth-order valence-electron chi connectivity index (χ4n) is 1.83. The van der Waals surface area contributed by atoms with Crippen LogP contribution >= 0.6 is 11.9 Å². The maximum Gasteiger partial charge on any atom is 0.0128 e. The Balaban J connectivity index is 0.000000791. The summed E-state index contributed by atoms with van der Waals surface area (Å²) in [6, 6.07) is 0. The first-order chi connectivity index (χ1) is 6.83. The molecule has 1 nitrogen and oxygen atoms in total. The van der Waals surface area contributed by atoms with Crippen LogP contribution in [0.1, 0.15) is 52.9 Å². The van der Waals surface area contributed by atoms with Gasteiger partial charge in [-0.1, -0.05) is 33.6 Å². The summed E-state index contributed by atoms with van der Waals surface area (Å²) in [5.74, 6) is 1.90. The van der Waals surface area contributed by atoms with Crippen LogP contribution < -0.4 is 0 Å². The lowest BCUT2D eigenvalue weighted by atomic mass is 9.82. The SMILES string of the molecule is CC.CS/N=C/CC1CCC(C)CC1. The Morgan fingerprint density at radius 1 is 1.21 bits per heavy atom. The van der Waals surface area contributed by atoms with Gasteiger partial charge in [0, 0.05) is 12.5 Å². The van der Waals surface area contributed by atoms with Crippen molar-refractivity contribution in [1.82, 2.24) is 0 Å². The third-order valence-electron chi connectivity index (χ3n) is 2.75. The van der Waals surface area contributed by atoms with E-state index in [1.807, 2.05) is 20.1 Å². The van der Waals surface area contributed by atoms with Crippen LogP contribution in [0.25, 0.3) is 0 Å². The van der Waals surface area contributed by atoms with E-state index in [2.05, 4.69) is 17.5 Å². The summed E-state index contributed by atoms with van der Waals surface area (Å²) in [7, 11) is 0. The minimum atomic E-state index is 0.928. The first-order valence-corrected chi connectivity index (χ1v) is 7.06. The van der Waals surface area contributed by atoms with E-state index in [-0.39, 0.29) is 0 Å². The first-order valence-electron chi connectivity index (χ1n) is 5.88. The highest BCUT2D eigenvalue weighted by Crippen LogP contribution is 2.29. The number of hydrogen-bond acceptors (Lipinski definition) is 2. The summed E-state index contributed by atoms with van der Waals surface area (Å²) >= 11 is 1.56. The lowest BCUT2D eigenvalue weighted by Crippen LogP contribution is -2.12. The quantitative estimate of drug-likeness (QED) is 0.496. The third-order valence-corrected chi connectivity index (χ3v) is 3.11. The maximum absolute atomic E-state index is 4.18. The van der Waals surface area contributed by atoms with E-state index in [0.29, 0.717) is 0 Å². The molecule has 2 heteroatoms. The first kappa shape index (κ1) is 14.0. The second-order valence-corrected chi connectivity index (χ2v) is 4.41. The van der Waals surface area contributed by atoms with Gasteiger partial charge in [-0.25, -0.2) is 4.40 Å². The van der Waals surface area contributed by atoms with Gasteiger partial charge < -0.3 is 0 Å². The summed E-state index contributed by atoms with van der Waals surface area (Å²) in [5, 5.41) is 0. The van der Waals surface area contributed by atoms with E-state index in [1.165, 1.54) is 32.1 Å². The Morgan fingerprint density at radius 2 is 1.79 bits per heavy atom.